The first-order valence-electron chi connectivity index (χ1n) is 5.72. The van der Waals surface area contributed by atoms with Crippen LogP contribution in [0.3, 0.4) is 0 Å². The third-order valence-electron chi connectivity index (χ3n) is 2.42. The summed E-state index contributed by atoms with van der Waals surface area (Å²) in [5.74, 6) is 0.761. The third kappa shape index (κ3) is 2.98. The Hall–Kier alpha value is -1.63. The van der Waals surface area contributed by atoms with Gasteiger partial charge in [-0.2, -0.15) is 0 Å². The molecule has 0 spiro atoms. The first-order valence-corrected chi connectivity index (χ1v) is 6.71. The summed E-state index contributed by atoms with van der Waals surface area (Å²) >= 11 is 1.02. The summed E-state index contributed by atoms with van der Waals surface area (Å²) in [5, 5.41) is 2.89. The van der Waals surface area contributed by atoms with Crippen LogP contribution in [-0.4, -0.2) is 38.3 Å². The zero-order chi connectivity index (χ0) is 13.0. The first-order chi connectivity index (χ1) is 8.70. The van der Waals surface area contributed by atoms with Gasteiger partial charge in [0.2, 0.25) is 5.91 Å². The SMILES string of the molecule is CCCNc1cnc(CN2C(=O)CSC2=O)cn1. The minimum absolute atomic E-state index is 0.167. The first kappa shape index (κ1) is 12.8. The van der Waals surface area contributed by atoms with Gasteiger partial charge < -0.3 is 5.32 Å². The molecule has 0 atom stereocenters. The molecule has 0 radical (unpaired) electrons. The van der Waals surface area contributed by atoms with Crippen LogP contribution in [0.25, 0.3) is 0 Å². The molecule has 0 aromatic carbocycles. The molecule has 1 aromatic rings. The minimum atomic E-state index is -0.213. The van der Waals surface area contributed by atoms with Gasteiger partial charge in [-0.05, 0) is 6.42 Å². The Balaban J connectivity index is 1.97. The second kappa shape index (κ2) is 5.81. The summed E-state index contributed by atoms with van der Waals surface area (Å²) in [6.45, 7) is 3.11. The number of nitrogens with zero attached hydrogens (tertiary/aromatic N) is 3. The summed E-state index contributed by atoms with van der Waals surface area (Å²) in [7, 11) is 0. The van der Waals surface area contributed by atoms with Crippen LogP contribution in [0.2, 0.25) is 0 Å². The van der Waals surface area contributed by atoms with Gasteiger partial charge >= 0.3 is 0 Å². The van der Waals surface area contributed by atoms with E-state index in [2.05, 4.69) is 22.2 Å². The summed E-state index contributed by atoms with van der Waals surface area (Å²) < 4.78 is 0. The van der Waals surface area contributed by atoms with Gasteiger partial charge in [0.15, 0.2) is 0 Å². The lowest BCUT2D eigenvalue weighted by atomic mass is 10.4. The highest BCUT2D eigenvalue weighted by Gasteiger charge is 2.30. The van der Waals surface area contributed by atoms with Crippen molar-refractivity contribution in [1.29, 1.82) is 0 Å². The van der Waals surface area contributed by atoms with Gasteiger partial charge in [0, 0.05) is 6.54 Å². The molecule has 1 aromatic heterocycles. The van der Waals surface area contributed by atoms with Crippen molar-refractivity contribution in [3.63, 3.8) is 0 Å². The van der Waals surface area contributed by atoms with E-state index in [1.54, 1.807) is 12.4 Å². The lowest BCUT2D eigenvalue weighted by Gasteiger charge is -2.11. The van der Waals surface area contributed by atoms with E-state index >= 15 is 0 Å². The summed E-state index contributed by atoms with van der Waals surface area (Å²) in [4.78, 5) is 32.4. The summed E-state index contributed by atoms with van der Waals surface area (Å²) in [6.07, 6.45) is 4.21. The number of carbonyl (C=O) groups is 2. The highest BCUT2D eigenvalue weighted by atomic mass is 32.2. The molecular formula is C11H14N4O2S. The molecule has 1 N–H and O–H groups in total. The molecule has 2 rings (SSSR count). The molecule has 0 aliphatic carbocycles. The van der Waals surface area contributed by atoms with Crippen LogP contribution in [0.1, 0.15) is 19.0 Å². The molecule has 96 valence electrons. The fraction of sp³-hybridized carbons (Fsp3) is 0.455. The van der Waals surface area contributed by atoms with Crippen molar-refractivity contribution < 1.29 is 9.59 Å². The van der Waals surface area contributed by atoms with Gasteiger partial charge in [-0.1, -0.05) is 18.7 Å². The molecule has 1 fully saturated rings. The van der Waals surface area contributed by atoms with Crippen molar-refractivity contribution in [2.24, 2.45) is 0 Å². The number of aromatic nitrogens is 2. The zero-order valence-corrected chi connectivity index (χ0v) is 10.9. The maximum atomic E-state index is 11.4. The van der Waals surface area contributed by atoms with Crippen LogP contribution in [0.15, 0.2) is 12.4 Å². The Labute approximate surface area is 109 Å². The standard InChI is InChI=1S/C11H14N4O2S/c1-2-3-12-9-5-13-8(4-14-9)6-15-10(16)7-18-11(15)17/h4-5H,2-3,6-7H2,1H3,(H,12,14). The molecule has 0 unspecified atom stereocenters. The average Bonchev–Trinajstić information content (AvgIpc) is 2.70. The normalized spacial score (nSPS) is 15.3. The van der Waals surface area contributed by atoms with E-state index in [0.717, 1.165) is 24.7 Å². The topological polar surface area (TPSA) is 75.2 Å². The number of rotatable bonds is 5. The maximum absolute atomic E-state index is 11.4. The van der Waals surface area contributed by atoms with Crippen LogP contribution in [0, 0.1) is 0 Å². The van der Waals surface area contributed by atoms with E-state index in [1.165, 1.54) is 4.90 Å². The van der Waals surface area contributed by atoms with Gasteiger partial charge in [-0.25, -0.2) is 4.98 Å². The number of anilines is 1. The molecule has 6 nitrogen and oxygen atoms in total. The number of hydrogen-bond acceptors (Lipinski definition) is 6. The number of imide groups is 1. The molecule has 18 heavy (non-hydrogen) atoms. The Morgan fingerprint density at radius 1 is 1.39 bits per heavy atom. The summed E-state index contributed by atoms with van der Waals surface area (Å²) in [5.41, 5.74) is 0.612. The van der Waals surface area contributed by atoms with E-state index in [9.17, 15) is 9.59 Å². The Morgan fingerprint density at radius 2 is 2.22 bits per heavy atom. The monoisotopic (exact) mass is 266 g/mol. The van der Waals surface area contributed by atoms with Crippen molar-refractivity contribution in [2.75, 3.05) is 17.6 Å². The second-order valence-corrected chi connectivity index (χ2v) is 4.78. The van der Waals surface area contributed by atoms with E-state index < -0.39 is 0 Å². The fourth-order valence-electron chi connectivity index (χ4n) is 1.48. The van der Waals surface area contributed by atoms with Crippen molar-refractivity contribution in [2.45, 2.75) is 19.9 Å². The van der Waals surface area contributed by atoms with Crippen molar-refractivity contribution in [3.8, 4) is 0 Å². The predicted octanol–water partition coefficient (Wildman–Crippen LogP) is 1.49. The van der Waals surface area contributed by atoms with E-state index in [1.807, 2.05) is 0 Å². The Kier molecular flexibility index (Phi) is 4.14. The molecule has 1 aliphatic rings. The highest BCUT2D eigenvalue weighted by molar-refractivity contribution is 8.14. The third-order valence-corrected chi connectivity index (χ3v) is 3.28. The Morgan fingerprint density at radius 3 is 2.78 bits per heavy atom. The number of carbonyl (C=O) groups excluding carboxylic acids is 2. The molecule has 1 saturated heterocycles. The number of nitrogens with one attached hydrogen (secondary N) is 1. The molecular weight excluding hydrogens is 252 g/mol. The van der Waals surface area contributed by atoms with Gasteiger partial charge in [0.1, 0.15) is 5.82 Å². The van der Waals surface area contributed by atoms with Crippen molar-refractivity contribution in [1.82, 2.24) is 14.9 Å². The zero-order valence-electron chi connectivity index (χ0n) is 10.0. The number of amides is 2. The van der Waals surface area contributed by atoms with Crippen LogP contribution >= 0.6 is 11.8 Å². The molecule has 0 bridgehead atoms. The maximum Gasteiger partial charge on any atom is 0.289 e. The molecule has 0 saturated carbocycles. The molecule has 7 heteroatoms. The van der Waals surface area contributed by atoms with Gasteiger partial charge in [0.05, 0.1) is 30.4 Å². The quantitative estimate of drug-likeness (QED) is 0.870. The number of hydrogen-bond donors (Lipinski definition) is 1. The van der Waals surface area contributed by atoms with Crippen molar-refractivity contribution >= 4 is 28.7 Å². The second-order valence-electron chi connectivity index (χ2n) is 3.85. The Bertz CT molecular complexity index is 433. The van der Waals surface area contributed by atoms with E-state index in [-0.39, 0.29) is 23.4 Å². The highest BCUT2D eigenvalue weighted by Crippen LogP contribution is 2.20. The largest absolute Gasteiger partial charge is 0.369 e. The lowest BCUT2D eigenvalue weighted by Crippen LogP contribution is -2.28. The van der Waals surface area contributed by atoms with Crippen LogP contribution in [0.4, 0.5) is 10.6 Å². The minimum Gasteiger partial charge on any atom is -0.369 e. The lowest BCUT2D eigenvalue weighted by molar-refractivity contribution is -0.125. The molecule has 1 aliphatic heterocycles. The average molecular weight is 266 g/mol. The van der Waals surface area contributed by atoms with Gasteiger partial charge in [0.25, 0.3) is 5.24 Å². The van der Waals surface area contributed by atoms with Crippen LogP contribution in [-0.2, 0) is 11.3 Å². The van der Waals surface area contributed by atoms with Gasteiger partial charge in [-0.3, -0.25) is 19.5 Å². The van der Waals surface area contributed by atoms with E-state index in [4.69, 9.17) is 0 Å². The van der Waals surface area contributed by atoms with E-state index in [0.29, 0.717) is 11.5 Å². The van der Waals surface area contributed by atoms with Crippen LogP contribution < -0.4 is 5.32 Å². The fourth-order valence-corrected chi connectivity index (χ4v) is 2.20. The number of thioether (sulfide) groups is 1. The molecule has 2 heterocycles. The molecule has 2 amide bonds. The van der Waals surface area contributed by atoms with Crippen LogP contribution in [0.5, 0.6) is 0 Å². The van der Waals surface area contributed by atoms with Gasteiger partial charge in [-0.15, -0.1) is 0 Å². The smallest absolute Gasteiger partial charge is 0.289 e. The predicted molar refractivity (Wildman–Crippen MR) is 69.2 cm³/mol. The summed E-state index contributed by atoms with van der Waals surface area (Å²) in [6, 6.07) is 0. The van der Waals surface area contributed by atoms with Crippen molar-refractivity contribution in [3.05, 3.63) is 18.1 Å².